The average Bonchev–Trinajstić information content (AvgIpc) is 3.26. The number of aromatic nitrogens is 6. The SMILES string of the molecule is CCOC(=O)c1nnn2c1sc1c(C(=O)OCC)nnn1c1cc(C)c(C)cc12. The number of nitrogens with zero attached hydrogens (tertiary/aromatic N) is 6. The summed E-state index contributed by atoms with van der Waals surface area (Å²) >= 11 is 1.12. The van der Waals surface area contributed by atoms with Gasteiger partial charge in [0.05, 0.1) is 24.2 Å². The first-order valence-electron chi connectivity index (χ1n) is 9.01. The molecule has 0 aliphatic rings. The Kier molecular flexibility index (Phi) is 4.74. The zero-order valence-corrected chi connectivity index (χ0v) is 17.1. The second-order valence-corrected chi connectivity index (χ2v) is 7.26. The smallest absolute Gasteiger partial charge is 0.362 e. The molecule has 0 radical (unpaired) electrons. The molecule has 3 aromatic heterocycles. The van der Waals surface area contributed by atoms with E-state index in [9.17, 15) is 9.59 Å². The highest BCUT2D eigenvalue weighted by Crippen LogP contribution is 2.27. The number of hydrogen-bond donors (Lipinski definition) is 0. The zero-order valence-electron chi connectivity index (χ0n) is 16.3. The number of carbonyl (C=O) groups is 2. The van der Waals surface area contributed by atoms with E-state index in [1.54, 1.807) is 22.9 Å². The van der Waals surface area contributed by atoms with Gasteiger partial charge in [-0.2, -0.15) is 0 Å². The quantitative estimate of drug-likeness (QED) is 0.468. The lowest BCUT2D eigenvalue weighted by Crippen LogP contribution is -2.06. The largest absolute Gasteiger partial charge is 0.461 e. The van der Waals surface area contributed by atoms with Crippen molar-refractivity contribution in [1.82, 2.24) is 29.7 Å². The molecule has 0 unspecified atom stereocenters. The fraction of sp³-hybridized carbons (Fsp3) is 0.333. The fourth-order valence-corrected chi connectivity index (χ4v) is 3.98. The van der Waals surface area contributed by atoms with Crippen LogP contribution in [-0.2, 0) is 9.47 Å². The van der Waals surface area contributed by atoms with E-state index in [4.69, 9.17) is 9.47 Å². The predicted molar refractivity (Wildman–Crippen MR) is 105 cm³/mol. The summed E-state index contributed by atoms with van der Waals surface area (Å²) in [6, 6.07) is 3.86. The first-order chi connectivity index (χ1) is 14.0. The van der Waals surface area contributed by atoms with Crippen LogP contribution in [0.4, 0.5) is 0 Å². The van der Waals surface area contributed by atoms with Crippen molar-refractivity contribution in [2.24, 2.45) is 0 Å². The highest BCUT2D eigenvalue weighted by atomic mass is 32.1. The van der Waals surface area contributed by atoms with Crippen molar-refractivity contribution >= 4 is 44.0 Å². The van der Waals surface area contributed by atoms with Crippen LogP contribution in [0, 0.1) is 13.8 Å². The minimum Gasteiger partial charge on any atom is -0.461 e. The minimum absolute atomic E-state index is 0.0606. The van der Waals surface area contributed by atoms with Gasteiger partial charge in [-0.05, 0) is 51.0 Å². The maximum absolute atomic E-state index is 12.4. The lowest BCUT2D eigenvalue weighted by atomic mass is 10.1. The van der Waals surface area contributed by atoms with E-state index in [2.05, 4.69) is 20.6 Å². The maximum atomic E-state index is 12.4. The highest BCUT2D eigenvalue weighted by Gasteiger charge is 2.23. The van der Waals surface area contributed by atoms with E-state index in [1.807, 2.05) is 26.0 Å². The molecule has 0 spiro atoms. The lowest BCUT2D eigenvalue weighted by molar-refractivity contribution is 0.0512. The van der Waals surface area contributed by atoms with Crippen LogP contribution in [0.25, 0.3) is 20.7 Å². The minimum atomic E-state index is -0.592. The third-order valence-corrected chi connectivity index (χ3v) is 5.56. The van der Waals surface area contributed by atoms with Gasteiger partial charge in [0.1, 0.15) is 0 Å². The van der Waals surface area contributed by atoms with Crippen LogP contribution in [0.5, 0.6) is 0 Å². The molecule has 0 N–H and O–H groups in total. The molecule has 0 saturated carbocycles. The van der Waals surface area contributed by atoms with Crippen LogP contribution in [0.2, 0.25) is 0 Å². The van der Waals surface area contributed by atoms with Crippen LogP contribution >= 0.6 is 11.3 Å². The van der Waals surface area contributed by atoms with E-state index in [-0.39, 0.29) is 24.6 Å². The van der Waals surface area contributed by atoms with Crippen LogP contribution in [0.1, 0.15) is 46.0 Å². The number of benzene rings is 1. The molecule has 0 amide bonds. The number of ether oxygens (including phenoxy) is 2. The number of esters is 2. The van der Waals surface area contributed by atoms with Gasteiger partial charge in [0.25, 0.3) is 0 Å². The molecule has 0 bridgehead atoms. The van der Waals surface area contributed by atoms with Crippen LogP contribution in [0.3, 0.4) is 0 Å². The maximum Gasteiger partial charge on any atom is 0.362 e. The normalized spacial score (nSPS) is 11.3. The Morgan fingerprint density at radius 1 is 0.862 bits per heavy atom. The van der Waals surface area contributed by atoms with Gasteiger partial charge in [-0.3, -0.25) is 0 Å². The number of fused-ring (bicyclic) bond motifs is 5. The molecule has 3 heterocycles. The van der Waals surface area contributed by atoms with E-state index in [0.29, 0.717) is 20.7 Å². The topological polar surface area (TPSA) is 113 Å². The standard InChI is InChI=1S/C18H18N6O4S/c1-5-27-17(25)13-15-23(21-19-13)11-7-9(3)10(4)8-12(11)24-16(29-15)14(20-22-24)18(26)28-6-2/h7-8H,5-6H2,1-4H3. The summed E-state index contributed by atoms with van der Waals surface area (Å²) in [5.41, 5.74) is 3.51. The zero-order chi connectivity index (χ0) is 20.7. The molecule has 0 saturated heterocycles. The van der Waals surface area contributed by atoms with E-state index < -0.39 is 11.9 Å². The average molecular weight is 414 g/mol. The summed E-state index contributed by atoms with van der Waals surface area (Å²) in [5.74, 6) is -1.18. The molecule has 4 aromatic rings. The summed E-state index contributed by atoms with van der Waals surface area (Å²) < 4.78 is 13.3. The molecule has 10 nitrogen and oxygen atoms in total. The van der Waals surface area contributed by atoms with Gasteiger partial charge in [-0.25, -0.2) is 18.6 Å². The number of hydrogen-bond acceptors (Lipinski definition) is 9. The summed E-state index contributed by atoms with van der Waals surface area (Å²) in [4.78, 5) is 25.7. The van der Waals surface area contributed by atoms with Crippen molar-refractivity contribution in [3.05, 3.63) is 34.6 Å². The lowest BCUT2D eigenvalue weighted by Gasteiger charge is -2.02. The molecular weight excluding hydrogens is 396 g/mol. The summed E-state index contributed by atoms with van der Waals surface area (Å²) in [7, 11) is 0. The monoisotopic (exact) mass is 414 g/mol. The molecule has 4 rings (SSSR count). The Bertz CT molecular complexity index is 1200. The van der Waals surface area contributed by atoms with Gasteiger partial charge in [-0.1, -0.05) is 21.8 Å². The van der Waals surface area contributed by atoms with E-state index >= 15 is 0 Å². The predicted octanol–water partition coefficient (Wildman–Crippen LogP) is 2.52. The molecule has 29 heavy (non-hydrogen) atoms. The Labute approximate surface area is 168 Å². The third-order valence-electron chi connectivity index (χ3n) is 4.44. The Balaban J connectivity index is 2.19. The number of aryl methyl sites for hydroxylation is 2. The summed E-state index contributed by atoms with van der Waals surface area (Å²) in [6.45, 7) is 7.79. The Morgan fingerprint density at radius 2 is 1.28 bits per heavy atom. The fourth-order valence-electron chi connectivity index (χ4n) is 2.92. The third kappa shape index (κ3) is 3.03. The number of carbonyl (C=O) groups excluding carboxylic acids is 2. The molecule has 150 valence electrons. The molecule has 0 aliphatic heterocycles. The van der Waals surface area contributed by atoms with Gasteiger partial charge in [-0.15, -0.1) is 10.2 Å². The second-order valence-electron chi connectivity index (χ2n) is 6.28. The van der Waals surface area contributed by atoms with Gasteiger partial charge in [0, 0.05) is 0 Å². The molecule has 0 atom stereocenters. The van der Waals surface area contributed by atoms with Crippen LogP contribution < -0.4 is 0 Å². The molecule has 1 aromatic carbocycles. The van der Waals surface area contributed by atoms with Crippen molar-refractivity contribution in [2.45, 2.75) is 27.7 Å². The highest BCUT2D eigenvalue weighted by molar-refractivity contribution is 7.22. The van der Waals surface area contributed by atoms with E-state index in [1.165, 1.54) is 0 Å². The number of rotatable bonds is 4. The van der Waals surface area contributed by atoms with Gasteiger partial charge < -0.3 is 9.47 Å². The van der Waals surface area contributed by atoms with E-state index in [0.717, 1.165) is 22.5 Å². The summed E-state index contributed by atoms with van der Waals surface area (Å²) in [5, 5.41) is 16.4. The van der Waals surface area contributed by atoms with Crippen molar-refractivity contribution < 1.29 is 19.1 Å². The van der Waals surface area contributed by atoms with Gasteiger partial charge in [0.2, 0.25) is 11.4 Å². The Morgan fingerprint density at radius 3 is 1.66 bits per heavy atom. The molecule has 11 heteroatoms. The first kappa shape index (κ1) is 19.0. The van der Waals surface area contributed by atoms with Crippen LogP contribution in [0.15, 0.2) is 12.1 Å². The molecular formula is C18H18N6O4S. The van der Waals surface area contributed by atoms with Gasteiger partial charge in [0.15, 0.2) is 9.66 Å². The van der Waals surface area contributed by atoms with Crippen molar-refractivity contribution in [3.63, 3.8) is 0 Å². The van der Waals surface area contributed by atoms with Crippen molar-refractivity contribution in [1.29, 1.82) is 0 Å². The van der Waals surface area contributed by atoms with Crippen LogP contribution in [-0.4, -0.2) is 54.8 Å². The van der Waals surface area contributed by atoms with Crippen molar-refractivity contribution in [3.8, 4) is 0 Å². The first-order valence-corrected chi connectivity index (χ1v) is 9.83. The van der Waals surface area contributed by atoms with Crippen molar-refractivity contribution in [2.75, 3.05) is 13.2 Å². The molecule has 0 fully saturated rings. The molecule has 0 aliphatic carbocycles. The second kappa shape index (κ2) is 7.24. The summed E-state index contributed by atoms with van der Waals surface area (Å²) in [6.07, 6.45) is 0. The van der Waals surface area contributed by atoms with Gasteiger partial charge >= 0.3 is 11.9 Å². The Hall–Kier alpha value is -3.34.